The minimum Gasteiger partial charge on any atom is -0.468 e. The van der Waals surface area contributed by atoms with Crippen LogP contribution in [0.15, 0.2) is 15.9 Å². The molecule has 1 unspecified atom stereocenters. The van der Waals surface area contributed by atoms with Crippen molar-refractivity contribution in [3.8, 4) is 0 Å². The monoisotopic (exact) mass is 291 g/mol. The molecule has 3 nitrogen and oxygen atoms in total. The molecule has 84 valence electrons. The lowest BCUT2D eigenvalue weighted by Gasteiger charge is -2.15. The van der Waals surface area contributed by atoms with Crippen LogP contribution in [0.3, 0.4) is 0 Å². The molecule has 1 atom stereocenters. The van der Waals surface area contributed by atoms with Gasteiger partial charge in [-0.05, 0) is 40.3 Å². The van der Waals surface area contributed by atoms with E-state index in [4.69, 9.17) is 4.74 Å². The number of rotatable bonds is 5. The summed E-state index contributed by atoms with van der Waals surface area (Å²) in [5.41, 5.74) is 0. The van der Waals surface area contributed by atoms with E-state index in [1.807, 2.05) is 11.4 Å². The first-order valence-electron chi connectivity index (χ1n) is 4.74. The number of hydrogen-bond donors (Lipinski definition) is 1. The third-order valence-corrected chi connectivity index (χ3v) is 3.88. The molecule has 5 heteroatoms. The Bertz CT molecular complexity index is 327. The molecule has 0 saturated carbocycles. The number of carbonyl (C=O) groups is 1. The molecule has 1 aromatic heterocycles. The van der Waals surface area contributed by atoms with E-state index in [-0.39, 0.29) is 12.0 Å². The van der Waals surface area contributed by atoms with Crippen LogP contribution < -0.4 is 5.32 Å². The Balaban J connectivity index is 2.81. The molecule has 0 bridgehead atoms. The van der Waals surface area contributed by atoms with E-state index < -0.39 is 0 Å². The van der Waals surface area contributed by atoms with Gasteiger partial charge >= 0.3 is 5.97 Å². The fraction of sp³-hybridized carbons (Fsp3) is 0.500. The highest BCUT2D eigenvalue weighted by atomic mass is 79.9. The van der Waals surface area contributed by atoms with Gasteiger partial charge in [-0.3, -0.25) is 0 Å². The second-order valence-electron chi connectivity index (χ2n) is 3.04. The molecule has 15 heavy (non-hydrogen) atoms. The Labute approximate surface area is 102 Å². The molecule has 0 aliphatic rings. The highest BCUT2D eigenvalue weighted by molar-refractivity contribution is 9.10. The van der Waals surface area contributed by atoms with Gasteiger partial charge < -0.3 is 10.1 Å². The topological polar surface area (TPSA) is 38.3 Å². The lowest BCUT2D eigenvalue weighted by Crippen LogP contribution is -2.29. The van der Waals surface area contributed by atoms with E-state index in [0.29, 0.717) is 0 Å². The van der Waals surface area contributed by atoms with Crippen LogP contribution in [0, 0.1) is 0 Å². The Morgan fingerprint density at radius 2 is 2.47 bits per heavy atom. The summed E-state index contributed by atoms with van der Waals surface area (Å²) in [6.07, 6.45) is 0.983. The average Bonchev–Trinajstić information content (AvgIpc) is 2.65. The minimum atomic E-state index is -0.357. The number of methoxy groups -OCH3 is 1. The molecule has 0 radical (unpaired) electrons. The summed E-state index contributed by atoms with van der Waals surface area (Å²) in [6.45, 7) is 2.86. The number of ether oxygens (including phenoxy) is 1. The summed E-state index contributed by atoms with van der Waals surface area (Å²) in [7, 11) is 1.41. The quantitative estimate of drug-likeness (QED) is 0.848. The van der Waals surface area contributed by atoms with Crippen molar-refractivity contribution in [3.05, 3.63) is 20.8 Å². The van der Waals surface area contributed by atoms with Crippen LogP contribution in [-0.4, -0.2) is 19.6 Å². The Kier molecular flexibility index (Phi) is 5.28. The number of hydrogen-bond acceptors (Lipinski definition) is 4. The maximum Gasteiger partial charge on any atom is 0.328 e. The van der Waals surface area contributed by atoms with Crippen molar-refractivity contribution in [3.63, 3.8) is 0 Å². The molecule has 1 heterocycles. The number of esters is 1. The van der Waals surface area contributed by atoms with E-state index in [1.54, 1.807) is 11.3 Å². The van der Waals surface area contributed by atoms with Gasteiger partial charge in [-0.2, -0.15) is 0 Å². The zero-order valence-electron chi connectivity index (χ0n) is 8.75. The maximum atomic E-state index is 11.6. The van der Waals surface area contributed by atoms with Crippen LogP contribution in [-0.2, 0) is 9.53 Å². The summed E-state index contributed by atoms with van der Waals surface area (Å²) in [4.78, 5) is 12.5. The van der Waals surface area contributed by atoms with E-state index in [1.165, 1.54) is 7.11 Å². The summed E-state index contributed by atoms with van der Waals surface area (Å²) in [5.74, 6) is -0.244. The zero-order chi connectivity index (χ0) is 11.3. The van der Waals surface area contributed by atoms with Gasteiger partial charge in [-0.15, -0.1) is 11.3 Å². The van der Waals surface area contributed by atoms with Gasteiger partial charge in [-0.1, -0.05) is 6.92 Å². The number of nitrogens with one attached hydrogen (secondary N) is 1. The number of carbonyl (C=O) groups excluding carboxylic acids is 1. The number of halogens is 1. The van der Waals surface area contributed by atoms with Crippen molar-refractivity contribution in [2.24, 2.45) is 0 Å². The van der Waals surface area contributed by atoms with E-state index in [9.17, 15) is 4.79 Å². The van der Waals surface area contributed by atoms with Gasteiger partial charge in [0, 0.05) is 9.35 Å². The van der Waals surface area contributed by atoms with E-state index in [2.05, 4.69) is 28.2 Å². The molecular weight excluding hydrogens is 278 g/mol. The van der Waals surface area contributed by atoms with Gasteiger partial charge in [0.15, 0.2) is 0 Å². The normalized spacial score (nSPS) is 12.5. The fourth-order valence-corrected chi connectivity index (χ4v) is 2.86. The predicted molar refractivity (Wildman–Crippen MR) is 65.1 cm³/mol. The van der Waals surface area contributed by atoms with Gasteiger partial charge in [-0.25, -0.2) is 4.79 Å². The van der Waals surface area contributed by atoms with Crippen molar-refractivity contribution >= 4 is 33.2 Å². The first kappa shape index (κ1) is 12.7. The van der Waals surface area contributed by atoms with Crippen molar-refractivity contribution in [1.29, 1.82) is 0 Å². The minimum absolute atomic E-state index is 0.244. The van der Waals surface area contributed by atoms with Crippen molar-refractivity contribution in [1.82, 2.24) is 5.32 Å². The van der Waals surface area contributed by atoms with Crippen LogP contribution in [0.4, 0.5) is 0 Å². The van der Waals surface area contributed by atoms with Crippen molar-refractivity contribution in [2.45, 2.75) is 19.4 Å². The molecule has 1 rings (SSSR count). The molecule has 0 saturated heterocycles. The highest BCUT2D eigenvalue weighted by Crippen LogP contribution is 2.29. The largest absolute Gasteiger partial charge is 0.468 e. The Morgan fingerprint density at radius 3 is 2.93 bits per heavy atom. The van der Waals surface area contributed by atoms with Gasteiger partial charge in [0.2, 0.25) is 0 Å². The van der Waals surface area contributed by atoms with E-state index >= 15 is 0 Å². The standard InChI is InChI=1S/C10H14BrNO2S/c1-3-5-12-8(10(13)14-2)9-7(11)4-6-15-9/h4,6,8,12H,3,5H2,1-2H3. The molecule has 0 spiro atoms. The SMILES string of the molecule is CCCNC(C(=O)OC)c1sccc1Br. The molecular formula is C10H14BrNO2S. The third-order valence-electron chi connectivity index (χ3n) is 1.94. The van der Waals surface area contributed by atoms with Crippen molar-refractivity contribution < 1.29 is 9.53 Å². The molecule has 0 aliphatic carbocycles. The summed E-state index contributed by atoms with van der Waals surface area (Å²) < 4.78 is 5.72. The first-order valence-corrected chi connectivity index (χ1v) is 6.42. The van der Waals surface area contributed by atoms with Crippen LogP contribution in [0.5, 0.6) is 0 Å². The predicted octanol–water partition coefficient (Wildman–Crippen LogP) is 2.72. The smallest absolute Gasteiger partial charge is 0.328 e. The lowest BCUT2D eigenvalue weighted by atomic mass is 10.2. The zero-order valence-corrected chi connectivity index (χ0v) is 11.2. The highest BCUT2D eigenvalue weighted by Gasteiger charge is 2.23. The summed E-state index contributed by atoms with van der Waals surface area (Å²) in [6, 6.07) is 1.58. The molecule has 0 fully saturated rings. The van der Waals surface area contributed by atoms with Crippen molar-refractivity contribution in [2.75, 3.05) is 13.7 Å². The lowest BCUT2D eigenvalue weighted by molar-refractivity contribution is -0.143. The molecule has 0 aliphatic heterocycles. The fourth-order valence-electron chi connectivity index (χ4n) is 1.20. The van der Waals surface area contributed by atoms with Crippen LogP contribution in [0.2, 0.25) is 0 Å². The van der Waals surface area contributed by atoms with Gasteiger partial charge in [0.25, 0.3) is 0 Å². The van der Waals surface area contributed by atoms with Crippen LogP contribution >= 0.6 is 27.3 Å². The van der Waals surface area contributed by atoms with E-state index in [0.717, 1.165) is 22.3 Å². The summed E-state index contributed by atoms with van der Waals surface area (Å²) in [5, 5.41) is 5.12. The van der Waals surface area contributed by atoms with Crippen LogP contribution in [0.1, 0.15) is 24.3 Å². The van der Waals surface area contributed by atoms with Crippen LogP contribution in [0.25, 0.3) is 0 Å². The Hall–Kier alpha value is -0.390. The molecule has 0 aromatic carbocycles. The Morgan fingerprint density at radius 1 is 1.73 bits per heavy atom. The number of thiophene rings is 1. The molecule has 0 amide bonds. The first-order chi connectivity index (χ1) is 7.20. The molecule has 1 N–H and O–H groups in total. The third kappa shape index (κ3) is 3.29. The molecule has 1 aromatic rings. The second kappa shape index (κ2) is 6.25. The van der Waals surface area contributed by atoms with Gasteiger partial charge in [0.05, 0.1) is 7.11 Å². The maximum absolute atomic E-state index is 11.6. The van der Waals surface area contributed by atoms with Gasteiger partial charge in [0.1, 0.15) is 6.04 Å². The second-order valence-corrected chi connectivity index (χ2v) is 4.85. The average molecular weight is 292 g/mol. The summed E-state index contributed by atoms with van der Waals surface area (Å²) >= 11 is 4.96.